The quantitative estimate of drug-likeness (QED) is 0.589. The first-order valence-corrected chi connectivity index (χ1v) is 7.79. The van der Waals surface area contributed by atoms with Crippen molar-refractivity contribution in [1.82, 2.24) is 10.6 Å². The summed E-state index contributed by atoms with van der Waals surface area (Å²) in [5.74, 6) is 1.58. The summed E-state index contributed by atoms with van der Waals surface area (Å²) in [4.78, 5) is 23.1. The van der Waals surface area contributed by atoms with Crippen LogP contribution in [0.3, 0.4) is 0 Å². The lowest BCUT2D eigenvalue weighted by molar-refractivity contribution is -0.123. The van der Waals surface area contributed by atoms with E-state index in [-0.39, 0.29) is 17.7 Å². The van der Waals surface area contributed by atoms with E-state index in [0.717, 1.165) is 25.4 Å². The van der Waals surface area contributed by atoms with Gasteiger partial charge in [-0.3, -0.25) is 9.59 Å². The van der Waals surface area contributed by atoms with E-state index >= 15 is 0 Å². The number of hydrogen-bond donors (Lipinski definition) is 2. The zero-order valence-electron chi connectivity index (χ0n) is 12.3. The molecule has 0 heterocycles. The number of ether oxygens (including phenoxy) is 1. The van der Waals surface area contributed by atoms with Crippen molar-refractivity contribution in [3.05, 3.63) is 0 Å². The summed E-state index contributed by atoms with van der Waals surface area (Å²) in [6, 6.07) is 0. The Bertz CT molecular complexity index is 342. The molecule has 0 aromatic carbocycles. The van der Waals surface area contributed by atoms with Crippen molar-refractivity contribution in [3.8, 4) is 0 Å². The normalized spacial score (nSPS) is 24.2. The first-order valence-electron chi connectivity index (χ1n) is 7.79. The molecular formula is C15H26N2O3. The predicted molar refractivity (Wildman–Crippen MR) is 76.1 cm³/mol. The van der Waals surface area contributed by atoms with Crippen LogP contribution in [0.25, 0.3) is 0 Å². The smallest absolute Gasteiger partial charge is 0.223 e. The molecule has 20 heavy (non-hydrogen) atoms. The Morgan fingerprint density at radius 1 is 1.20 bits per heavy atom. The molecule has 114 valence electrons. The van der Waals surface area contributed by atoms with Crippen LogP contribution in [0.2, 0.25) is 0 Å². The standard InChI is InChI=1S/C15H26N2O3/c1-11-9-13(11)15(19)17-7-5-14(18)16-6-2-8-20-10-12-3-4-12/h11-13H,2-10H2,1H3,(H,16,18)(H,17,19)/t11-,13-/m1/s1. The largest absolute Gasteiger partial charge is 0.381 e. The van der Waals surface area contributed by atoms with Gasteiger partial charge in [-0.1, -0.05) is 6.92 Å². The second-order valence-corrected chi connectivity index (χ2v) is 6.08. The molecule has 0 aromatic rings. The van der Waals surface area contributed by atoms with Crippen LogP contribution in [0, 0.1) is 17.8 Å². The molecule has 2 aliphatic carbocycles. The van der Waals surface area contributed by atoms with Gasteiger partial charge < -0.3 is 15.4 Å². The lowest BCUT2D eigenvalue weighted by atomic mass is 10.3. The minimum Gasteiger partial charge on any atom is -0.381 e. The molecule has 0 bridgehead atoms. The molecule has 0 aliphatic heterocycles. The number of carbonyl (C=O) groups is 2. The third kappa shape index (κ3) is 5.90. The zero-order valence-corrected chi connectivity index (χ0v) is 12.3. The highest BCUT2D eigenvalue weighted by Crippen LogP contribution is 2.37. The van der Waals surface area contributed by atoms with E-state index in [1.165, 1.54) is 12.8 Å². The van der Waals surface area contributed by atoms with Crippen LogP contribution in [0.1, 0.15) is 39.0 Å². The van der Waals surface area contributed by atoms with Gasteiger partial charge in [-0.25, -0.2) is 0 Å². The van der Waals surface area contributed by atoms with Crippen molar-refractivity contribution < 1.29 is 14.3 Å². The van der Waals surface area contributed by atoms with Crippen LogP contribution < -0.4 is 10.6 Å². The number of nitrogens with one attached hydrogen (secondary N) is 2. The van der Waals surface area contributed by atoms with Gasteiger partial charge >= 0.3 is 0 Å². The van der Waals surface area contributed by atoms with Gasteiger partial charge in [0.2, 0.25) is 11.8 Å². The first-order chi connectivity index (χ1) is 9.66. The van der Waals surface area contributed by atoms with Gasteiger partial charge in [0.15, 0.2) is 0 Å². The second kappa shape index (κ2) is 7.62. The molecule has 0 aromatic heterocycles. The zero-order chi connectivity index (χ0) is 14.4. The fourth-order valence-corrected chi connectivity index (χ4v) is 2.14. The molecular weight excluding hydrogens is 256 g/mol. The molecule has 2 saturated carbocycles. The van der Waals surface area contributed by atoms with Gasteiger partial charge in [0.05, 0.1) is 0 Å². The average Bonchev–Trinajstić information content (AvgIpc) is 3.30. The molecule has 2 atom stereocenters. The Morgan fingerprint density at radius 3 is 2.60 bits per heavy atom. The maximum Gasteiger partial charge on any atom is 0.223 e. The van der Waals surface area contributed by atoms with Crippen molar-refractivity contribution in [2.75, 3.05) is 26.3 Å². The molecule has 2 amide bonds. The second-order valence-electron chi connectivity index (χ2n) is 6.08. The van der Waals surface area contributed by atoms with Crippen molar-refractivity contribution in [2.24, 2.45) is 17.8 Å². The molecule has 2 N–H and O–H groups in total. The number of rotatable bonds is 10. The van der Waals surface area contributed by atoms with Gasteiger partial charge in [0, 0.05) is 38.6 Å². The van der Waals surface area contributed by atoms with Gasteiger partial charge in [-0.05, 0) is 37.5 Å². The Balaban J connectivity index is 1.37. The van der Waals surface area contributed by atoms with Gasteiger partial charge in [0.25, 0.3) is 0 Å². The summed E-state index contributed by atoms with van der Waals surface area (Å²) in [6.07, 6.45) is 4.81. The summed E-state index contributed by atoms with van der Waals surface area (Å²) < 4.78 is 5.49. The summed E-state index contributed by atoms with van der Waals surface area (Å²) in [7, 11) is 0. The van der Waals surface area contributed by atoms with Crippen LogP contribution in [-0.2, 0) is 14.3 Å². The van der Waals surface area contributed by atoms with Crippen molar-refractivity contribution in [3.63, 3.8) is 0 Å². The molecule has 0 radical (unpaired) electrons. The lowest BCUT2D eigenvalue weighted by Gasteiger charge is -2.07. The summed E-state index contributed by atoms with van der Waals surface area (Å²) in [6.45, 7) is 4.75. The van der Waals surface area contributed by atoms with E-state index in [2.05, 4.69) is 17.6 Å². The Morgan fingerprint density at radius 2 is 1.95 bits per heavy atom. The third-order valence-electron chi connectivity index (χ3n) is 3.94. The molecule has 0 spiro atoms. The Kier molecular flexibility index (Phi) is 5.83. The third-order valence-corrected chi connectivity index (χ3v) is 3.94. The minimum absolute atomic E-state index is 0.00339. The number of hydrogen-bond acceptors (Lipinski definition) is 3. The lowest BCUT2D eigenvalue weighted by Crippen LogP contribution is -2.32. The molecule has 0 saturated heterocycles. The summed E-state index contributed by atoms with van der Waals surface area (Å²) in [5, 5.41) is 5.66. The average molecular weight is 282 g/mol. The maximum absolute atomic E-state index is 11.5. The molecule has 0 unspecified atom stereocenters. The Labute approximate surface area is 120 Å². The highest BCUT2D eigenvalue weighted by molar-refractivity contribution is 5.82. The van der Waals surface area contributed by atoms with E-state index in [0.29, 0.717) is 32.0 Å². The number of amides is 2. The van der Waals surface area contributed by atoms with E-state index in [9.17, 15) is 9.59 Å². The van der Waals surface area contributed by atoms with Gasteiger partial charge in [0.1, 0.15) is 0 Å². The van der Waals surface area contributed by atoms with Crippen molar-refractivity contribution in [1.29, 1.82) is 0 Å². The molecule has 5 nitrogen and oxygen atoms in total. The first kappa shape index (κ1) is 15.3. The highest BCUT2D eigenvalue weighted by atomic mass is 16.5. The SMILES string of the molecule is C[C@@H]1C[C@H]1C(=O)NCCC(=O)NCCCOCC1CC1. The van der Waals surface area contributed by atoms with E-state index in [4.69, 9.17) is 4.74 Å². The maximum atomic E-state index is 11.5. The highest BCUT2D eigenvalue weighted by Gasteiger charge is 2.38. The van der Waals surface area contributed by atoms with E-state index in [1.807, 2.05) is 0 Å². The number of carbonyl (C=O) groups excluding carboxylic acids is 2. The topological polar surface area (TPSA) is 67.4 Å². The molecule has 2 aliphatic rings. The Hall–Kier alpha value is -1.10. The minimum atomic E-state index is -0.00339. The molecule has 5 heteroatoms. The van der Waals surface area contributed by atoms with Crippen molar-refractivity contribution in [2.45, 2.75) is 39.0 Å². The van der Waals surface area contributed by atoms with Gasteiger partial charge in [-0.2, -0.15) is 0 Å². The van der Waals surface area contributed by atoms with Crippen LogP contribution in [0.15, 0.2) is 0 Å². The molecule has 2 rings (SSSR count). The summed E-state index contributed by atoms with van der Waals surface area (Å²) >= 11 is 0. The fraction of sp³-hybridized carbons (Fsp3) is 0.867. The summed E-state index contributed by atoms with van der Waals surface area (Å²) in [5.41, 5.74) is 0. The van der Waals surface area contributed by atoms with Crippen molar-refractivity contribution >= 4 is 11.8 Å². The van der Waals surface area contributed by atoms with Crippen LogP contribution >= 0.6 is 0 Å². The van der Waals surface area contributed by atoms with Crippen LogP contribution in [0.4, 0.5) is 0 Å². The van der Waals surface area contributed by atoms with E-state index < -0.39 is 0 Å². The van der Waals surface area contributed by atoms with Crippen LogP contribution in [-0.4, -0.2) is 38.1 Å². The van der Waals surface area contributed by atoms with Gasteiger partial charge in [-0.15, -0.1) is 0 Å². The predicted octanol–water partition coefficient (Wildman–Crippen LogP) is 1.08. The fourth-order valence-electron chi connectivity index (χ4n) is 2.14. The monoisotopic (exact) mass is 282 g/mol. The van der Waals surface area contributed by atoms with Crippen LogP contribution in [0.5, 0.6) is 0 Å². The van der Waals surface area contributed by atoms with E-state index in [1.54, 1.807) is 0 Å². The molecule has 2 fully saturated rings.